The zero-order valence-corrected chi connectivity index (χ0v) is 10.8. The molecule has 0 saturated carbocycles. The predicted octanol–water partition coefficient (Wildman–Crippen LogP) is 1.49. The van der Waals surface area contributed by atoms with Crippen molar-refractivity contribution in [1.82, 2.24) is 15.1 Å². The van der Waals surface area contributed by atoms with Crippen molar-refractivity contribution in [3.05, 3.63) is 5.01 Å². The summed E-state index contributed by atoms with van der Waals surface area (Å²) in [5.41, 5.74) is 0. The van der Waals surface area contributed by atoms with Crippen LogP contribution in [0, 0.1) is 6.92 Å². The number of nitrogens with one attached hydrogen (secondary N) is 1. The Kier molecular flexibility index (Phi) is 3.90. The van der Waals surface area contributed by atoms with Crippen LogP contribution in [0.3, 0.4) is 0 Å². The number of hydrogen-bond acceptors (Lipinski definition) is 5. The molecular formula is C10H16N4O2S. The van der Waals surface area contributed by atoms with Crippen LogP contribution in [0.4, 0.5) is 9.93 Å². The minimum absolute atomic E-state index is 0.101. The first kappa shape index (κ1) is 12.3. The van der Waals surface area contributed by atoms with E-state index in [0.29, 0.717) is 5.13 Å². The summed E-state index contributed by atoms with van der Waals surface area (Å²) < 4.78 is 5.26. The number of amides is 2. The summed E-state index contributed by atoms with van der Waals surface area (Å²) >= 11 is 1.38. The van der Waals surface area contributed by atoms with Crippen LogP contribution in [0.5, 0.6) is 0 Å². The van der Waals surface area contributed by atoms with E-state index in [4.69, 9.17) is 4.74 Å². The number of methoxy groups -OCH3 is 1. The highest BCUT2D eigenvalue weighted by atomic mass is 32.1. The maximum Gasteiger partial charge on any atom is 0.323 e. The van der Waals surface area contributed by atoms with Gasteiger partial charge in [0.15, 0.2) is 0 Å². The number of carbonyl (C=O) groups excluding carboxylic acids is 1. The second kappa shape index (κ2) is 5.42. The van der Waals surface area contributed by atoms with Crippen molar-refractivity contribution in [2.75, 3.05) is 25.5 Å². The Morgan fingerprint density at radius 1 is 1.47 bits per heavy atom. The zero-order valence-electron chi connectivity index (χ0n) is 9.97. The van der Waals surface area contributed by atoms with Crippen molar-refractivity contribution >= 4 is 22.5 Å². The first-order chi connectivity index (χ1) is 8.19. The largest absolute Gasteiger partial charge is 0.381 e. The van der Waals surface area contributed by atoms with Crippen molar-refractivity contribution in [3.63, 3.8) is 0 Å². The van der Waals surface area contributed by atoms with E-state index >= 15 is 0 Å². The van der Waals surface area contributed by atoms with Crippen molar-refractivity contribution in [3.8, 4) is 0 Å². The number of rotatable bonds is 2. The van der Waals surface area contributed by atoms with Crippen molar-refractivity contribution in [2.45, 2.75) is 25.9 Å². The number of carbonyl (C=O) groups is 1. The Morgan fingerprint density at radius 2 is 2.18 bits per heavy atom. The molecule has 7 heteroatoms. The van der Waals surface area contributed by atoms with Gasteiger partial charge in [0.2, 0.25) is 5.13 Å². The van der Waals surface area contributed by atoms with Gasteiger partial charge in [0.05, 0.1) is 6.10 Å². The predicted molar refractivity (Wildman–Crippen MR) is 65.3 cm³/mol. The summed E-state index contributed by atoms with van der Waals surface area (Å²) in [4.78, 5) is 13.7. The lowest BCUT2D eigenvalue weighted by atomic mass is 10.1. The number of likely N-dealkylation sites (tertiary alicyclic amines) is 1. The van der Waals surface area contributed by atoms with Gasteiger partial charge in [0, 0.05) is 20.2 Å². The fourth-order valence-corrected chi connectivity index (χ4v) is 2.39. The summed E-state index contributed by atoms with van der Waals surface area (Å²) in [7, 11) is 1.71. The van der Waals surface area contributed by atoms with Gasteiger partial charge >= 0.3 is 6.03 Å². The van der Waals surface area contributed by atoms with Gasteiger partial charge in [-0.15, -0.1) is 10.2 Å². The maximum atomic E-state index is 11.9. The van der Waals surface area contributed by atoms with Gasteiger partial charge in [-0.25, -0.2) is 4.79 Å². The molecular weight excluding hydrogens is 240 g/mol. The quantitative estimate of drug-likeness (QED) is 0.870. The van der Waals surface area contributed by atoms with Crippen LogP contribution in [-0.2, 0) is 4.74 Å². The highest BCUT2D eigenvalue weighted by Gasteiger charge is 2.22. The summed E-state index contributed by atoms with van der Waals surface area (Å²) in [5.74, 6) is 0. The number of aromatic nitrogens is 2. The Bertz CT molecular complexity index is 387. The SMILES string of the molecule is COC1CCN(C(=O)Nc2nnc(C)s2)CC1. The number of piperidine rings is 1. The van der Waals surface area contributed by atoms with E-state index in [-0.39, 0.29) is 12.1 Å². The highest BCUT2D eigenvalue weighted by Crippen LogP contribution is 2.17. The number of urea groups is 1. The van der Waals surface area contributed by atoms with Gasteiger partial charge in [0.25, 0.3) is 0 Å². The van der Waals surface area contributed by atoms with Gasteiger partial charge in [-0.1, -0.05) is 11.3 Å². The molecule has 6 nitrogen and oxygen atoms in total. The second-order valence-electron chi connectivity index (χ2n) is 3.98. The van der Waals surface area contributed by atoms with Gasteiger partial charge < -0.3 is 9.64 Å². The van der Waals surface area contributed by atoms with Crippen LogP contribution in [0.1, 0.15) is 17.8 Å². The van der Waals surface area contributed by atoms with Crippen LogP contribution < -0.4 is 5.32 Å². The normalized spacial score (nSPS) is 17.2. The third-order valence-corrected chi connectivity index (χ3v) is 3.56. The van der Waals surface area contributed by atoms with Gasteiger partial charge in [-0.2, -0.15) is 0 Å². The average molecular weight is 256 g/mol. The highest BCUT2D eigenvalue weighted by molar-refractivity contribution is 7.15. The Morgan fingerprint density at radius 3 is 2.71 bits per heavy atom. The van der Waals surface area contributed by atoms with Crippen molar-refractivity contribution < 1.29 is 9.53 Å². The van der Waals surface area contributed by atoms with E-state index in [1.807, 2.05) is 6.92 Å². The minimum Gasteiger partial charge on any atom is -0.381 e. The van der Waals surface area contributed by atoms with E-state index in [1.165, 1.54) is 11.3 Å². The molecule has 1 fully saturated rings. The number of anilines is 1. The average Bonchev–Trinajstić information content (AvgIpc) is 2.75. The molecule has 0 radical (unpaired) electrons. The lowest BCUT2D eigenvalue weighted by Crippen LogP contribution is -2.42. The molecule has 0 atom stereocenters. The van der Waals surface area contributed by atoms with E-state index in [1.54, 1.807) is 12.0 Å². The third-order valence-electron chi connectivity index (χ3n) is 2.80. The molecule has 1 aromatic rings. The number of ether oxygens (including phenoxy) is 1. The molecule has 0 aromatic carbocycles. The maximum absolute atomic E-state index is 11.9. The van der Waals surface area contributed by atoms with Crippen LogP contribution in [0.15, 0.2) is 0 Å². The molecule has 2 rings (SSSR count). The van der Waals surface area contributed by atoms with Crippen molar-refractivity contribution in [1.29, 1.82) is 0 Å². The van der Waals surface area contributed by atoms with E-state index < -0.39 is 0 Å². The minimum atomic E-state index is -0.101. The van der Waals surface area contributed by atoms with Crippen molar-refractivity contribution in [2.24, 2.45) is 0 Å². The van der Waals surface area contributed by atoms with E-state index in [0.717, 1.165) is 30.9 Å². The molecule has 94 valence electrons. The Balaban J connectivity index is 1.85. The molecule has 1 aliphatic rings. The lowest BCUT2D eigenvalue weighted by molar-refractivity contribution is 0.0521. The van der Waals surface area contributed by atoms with Gasteiger partial charge in [0.1, 0.15) is 5.01 Å². The fourth-order valence-electron chi connectivity index (χ4n) is 1.81. The van der Waals surface area contributed by atoms with Gasteiger partial charge in [-0.3, -0.25) is 5.32 Å². The molecule has 1 N–H and O–H groups in total. The molecule has 1 saturated heterocycles. The first-order valence-electron chi connectivity index (χ1n) is 5.58. The molecule has 0 aliphatic carbocycles. The summed E-state index contributed by atoms with van der Waals surface area (Å²) in [5, 5.41) is 11.9. The van der Waals surface area contributed by atoms with Gasteiger partial charge in [-0.05, 0) is 19.8 Å². The summed E-state index contributed by atoms with van der Waals surface area (Å²) in [6, 6.07) is -0.101. The summed E-state index contributed by atoms with van der Waals surface area (Å²) in [6.45, 7) is 3.31. The molecule has 2 heterocycles. The smallest absolute Gasteiger partial charge is 0.323 e. The van der Waals surface area contributed by atoms with E-state index in [2.05, 4.69) is 15.5 Å². The summed E-state index contributed by atoms with van der Waals surface area (Å²) in [6.07, 6.45) is 2.06. The van der Waals surface area contributed by atoms with Crippen LogP contribution in [0.25, 0.3) is 0 Å². The fraction of sp³-hybridized carbons (Fsp3) is 0.700. The third kappa shape index (κ3) is 3.13. The zero-order chi connectivity index (χ0) is 12.3. The van der Waals surface area contributed by atoms with E-state index in [9.17, 15) is 4.79 Å². The van der Waals surface area contributed by atoms with Crippen LogP contribution >= 0.6 is 11.3 Å². The molecule has 17 heavy (non-hydrogen) atoms. The molecule has 0 bridgehead atoms. The standard InChI is InChI=1S/C10H16N4O2S/c1-7-12-13-9(17-7)11-10(15)14-5-3-8(16-2)4-6-14/h8H,3-6H2,1-2H3,(H,11,13,15). The molecule has 0 spiro atoms. The molecule has 1 aromatic heterocycles. The number of nitrogens with zero attached hydrogens (tertiary/aromatic N) is 3. The lowest BCUT2D eigenvalue weighted by Gasteiger charge is -2.30. The second-order valence-corrected chi connectivity index (χ2v) is 5.16. The van der Waals surface area contributed by atoms with Crippen LogP contribution in [0.2, 0.25) is 0 Å². The number of aryl methyl sites for hydroxylation is 1. The Hall–Kier alpha value is -1.21. The molecule has 0 unspecified atom stereocenters. The number of hydrogen-bond donors (Lipinski definition) is 1. The molecule has 1 aliphatic heterocycles. The molecule has 2 amide bonds. The first-order valence-corrected chi connectivity index (χ1v) is 6.39. The topological polar surface area (TPSA) is 67.3 Å². The van der Waals surface area contributed by atoms with Crippen LogP contribution in [-0.4, -0.2) is 47.4 Å². The Labute approximate surface area is 104 Å². The monoisotopic (exact) mass is 256 g/mol.